The Hall–Kier alpha value is -1.92. The zero-order valence-electron chi connectivity index (χ0n) is 14.1. The molecule has 2 heterocycles. The van der Waals surface area contributed by atoms with Crippen molar-refractivity contribution < 1.29 is 19.1 Å². The van der Waals surface area contributed by atoms with E-state index < -0.39 is 6.04 Å². The summed E-state index contributed by atoms with van der Waals surface area (Å²) >= 11 is 5.87. The quantitative estimate of drug-likeness (QED) is 0.605. The molecule has 0 spiro atoms. The molecule has 1 aromatic rings. The lowest BCUT2D eigenvalue weighted by atomic mass is 9.95. The lowest BCUT2D eigenvalue weighted by Gasteiger charge is -2.33. The molecule has 7 heteroatoms. The molecule has 2 saturated heterocycles. The van der Waals surface area contributed by atoms with Crippen LogP contribution in [0.15, 0.2) is 24.3 Å². The molecule has 3 rings (SSSR count). The monoisotopic (exact) mass is 364 g/mol. The van der Waals surface area contributed by atoms with Gasteiger partial charge in [-0.3, -0.25) is 19.3 Å². The minimum atomic E-state index is -0.452. The first kappa shape index (κ1) is 17.9. The van der Waals surface area contributed by atoms with Crippen LogP contribution in [0.1, 0.15) is 26.2 Å². The molecule has 6 nitrogen and oxygen atoms in total. The molecule has 0 radical (unpaired) electrons. The van der Waals surface area contributed by atoms with Gasteiger partial charge in [0.25, 0.3) is 5.91 Å². The minimum absolute atomic E-state index is 0.115. The molecule has 2 aliphatic rings. The number of esters is 1. The summed E-state index contributed by atoms with van der Waals surface area (Å²) in [5, 5.41) is 0.556. The Morgan fingerprint density at radius 2 is 1.84 bits per heavy atom. The van der Waals surface area contributed by atoms with E-state index in [0.29, 0.717) is 43.2 Å². The van der Waals surface area contributed by atoms with Crippen molar-refractivity contribution in [2.45, 2.75) is 32.2 Å². The summed E-state index contributed by atoms with van der Waals surface area (Å²) in [6, 6.07) is 6.22. The number of ether oxygens (including phenoxy) is 1. The summed E-state index contributed by atoms with van der Waals surface area (Å²) in [5.41, 5.74) is 0.545. The van der Waals surface area contributed by atoms with Crippen LogP contribution in [-0.2, 0) is 19.1 Å². The van der Waals surface area contributed by atoms with Gasteiger partial charge < -0.3 is 4.74 Å². The molecule has 0 bridgehead atoms. The Morgan fingerprint density at radius 1 is 1.20 bits per heavy atom. The Bertz CT molecular complexity index is 668. The number of anilines is 1. The van der Waals surface area contributed by atoms with Crippen molar-refractivity contribution in [2.75, 3.05) is 24.6 Å². The molecule has 0 aromatic heterocycles. The molecular formula is C18H21ClN2O4. The number of carbonyl (C=O) groups is 3. The van der Waals surface area contributed by atoms with Gasteiger partial charge in [-0.05, 0) is 57.1 Å². The third-order valence-corrected chi connectivity index (χ3v) is 5.05. The highest BCUT2D eigenvalue weighted by molar-refractivity contribution is 6.30. The van der Waals surface area contributed by atoms with Gasteiger partial charge >= 0.3 is 5.97 Å². The molecule has 25 heavy (non-hydrogen) atoms. The van der Waals surface area contributed by atoms with Crippen molar-refractivity contribution in [3.8, 4) is 0 Å². The fourth-order valence-corrected chi connectivity index (χ4v) is 3.60. The first-order chi connectivity index (χ1) is 12.0. The van der Waals surface area contributed by atoms with Gasteiger partial charge in [-0.15, -0.1) is 0 Å². The molecule has 2 aliphatic heterocycles. The van der Waals surface area contributed by atoms with E-state index in [1.54, 1.807) is 31.2 Å². The lowest BCUT2D eigenvalue weighted by molar-refractivity contribution is -0.149. The normalized spacial score (nSPS) is 22.5. The van der Waals surface area contributed by atoms with E-state index in [1.807, 2.05) is 4.90 Å². The molecule has 0 N–H and O–H groups in total. The molecular weight excluding hydrogens is 344 g/mol. The van der Waals surface area contributed by atoms with Gasteiger partial charge in [0.05, 0.1) is 30.7 Å². The number of hydrogen-bond acceptors (Lipinski definition) is 5. The molecule has 0 aliphatic carbocycles. The molecule has 134 valence electrons. The Labute approximate surface area is 151 Å². The predicted molar refractivity (Wildman–Crippen MR) is 93.3 cm³/mol. The Morgan fingerprint density at radius 3 is 2.44 bits per heavy atom. The second-order valence-electron chi connectivity index (χ2n) is 6.33. The lowest BCUT2D eigenvalue weighted by Crippen LogP contribution is -2.47. The number of halogens is 1. The third-order valence-electron chi connectivity index (χ3n) is 4.80. The van der Waals surface area contributed by atoms with E-state index in [4.69, 9.17) is 16.3 Å². The summed E-state index contributed by atoms with van der Waals surface area (Å²) in [6.45, 7) is 3.40. The summed E-state index contributed by atoms with van der Waals surface area (Å²) in [7, 11) is 0. The van der Waals surface area contributed by atoms with Gasteiger partial charge in [-0.25, -0.2) is 4.90 Å². The molecule has 2 fully saturated rings. The van der Waals surface area contributed by atoms with Gasteiger partial charge in [0.1, 0.15) is 0 Å². The zero-order valence-corrected chi connectivity index (χ0v) is 14.9. The number of benzene rings is 1. The van der Waals surface area contributed by atoms with Crippen molar-refractivity contribution in [3.05, 3.63) is 29.3 Å². The highest BCUT2D eigenvalue weighted by Gasteiger charge is 2.43. The summed E-state index contributed by atoms with van der Waals surface area (Å²) in [6.07, 6.45) is 1.47. The van der Waals surface area contributed by atoms with Crippen LogP contribution < -0.4 is 4.90 Å². The number of carbonyl (C=O) groups excluding carboxylic acids is 3. The topological polar surface area (TPSA) is 66.9 Å². The first-order valence-corrected chi connectivity index (χ1v) is 8.92. The number of amides is 2. The molecule has 1 atom stereocenters. The smallest absolute Gasteiger partial charge is 0.309 e. The van der Waals surface area contributed by atoms with Gasteiger partial charge in [0.2, 0.25) is 5.91 Å². The van der Waals surface area contributed by atoms with Crippen LogP contribution in [0.5, 0.6) is 0 Å². The third kappa shape index (κ3) is 3.70. The molecule has 0 saturated carbocycles. The van der Waals surface area contributed by atoms with Crippen molar-refractivity contribution in [3.63, 3.8) is 0 Å². The van der Waals surface area contributed by atoms with E-state index in [2.05, 4.69) is 0 Å². The zero-order chi connectivity index (χ0) is 18.0. The number of nitrogens with zero attached hydrogens (tertiary/aromatic N) is 2. The van der Waals surface area contributed by atoms with Crippen LogP contribution in [0.4, 0.5) is 5.69 Å². The number of hydrogen-bond donors (Lipinski definition) is 0. The molecule has 2 amide bonds. The van der Waals surface area contributed by atoms with E-state index in [-0.39, 0.29) is 30.1 Å². The van der Waals surface area contributed by atoms with Crippen LogP contribution in [0.25, 0.3) is 0 Å². The van der Waals surface area contributed by atoms with E-state index in [1.165, 1.54) is 4.90 Å². The second kappa shape index (κ2) is 7.54. The van der Waals surface area contributed by atoms with E-state index in [0.717, 1.165) is 0 Å². The minimum Gasteiger partial charge on any atom is -0.466 e. The van der Waals surface area contributed by atoms with Crippen molar-refractivity contribution in [2.24, 2.45) is 5.92 Å². The fourth-order valence-electron chi connectivity index (χ4n) is 3.47. The summed E-state index contributed by atoms with van der Waals surface area (Å²) in [4.78, 5) is 40.2. The van der Waals surface area contributed by atoms with Crippen LogP contribution in [0, 0.1) is 5.92 Å². The number of piperidine rings is 1. The van der Waals surface area contributed by atoms with Gasteiger partial charge in [-0.2, -0.15) is 0 Å². The largest absolute Gasteiger partial charge is 0.466 e. The van der Waals surface area contributed by atoms with Crippen molar-refractivity contribution in [1.29, 1.82) is 0 Å². The maximum absolute atomic E-state index is 12.8. The number of imide groups is 1. The molecule has 0 unspecified atom stereocenters. The predicted octanol–water partition coefficient (Wildman–Crippen LogP) is 2.25. The Balaban J connectivity index is 1.65. The highest BCUT2D eigenvalue weighted by atomic mass is 35.5. The first-order valence-electron chi connectivity index (χ1n) is 8.54. The average molecular weight is 365 g/mol. The standard InChI is InChI=1S/C18H21ClN2O4/c1-2-25-18(24)12-7-9-20(10-8-12)15-11-16(22)21(17(15)23)14-5-3-13(19)4-6-14/h3-6,12,15H,2,7-11H2,1H3/t15-/m1/s1. The summed E-state index contributed by atoms with van der Waals surface area (Å²) < 4.78 is 5.07. The highest BCUT2D eigenvalue weighted by Crippen LogP contribution is 2.29. The SMILES string of the molecule is CCOC(=O)C1CCN([C@@H]2CC(=O)N(c3ccc(Cl)cc3)C2=O)CC1. The fraction of sp³-hybridized carbons (Fsp3) is 0.500. The van der Waals surface area contributed by atoms with Gasteiger partial charge in [0, 0.05) is 5.02 Å². The number of likely N-dealkylation sites (tertiary alicyclic amines) is 1. The van der Waals surface area contributed by atoms with Crippen molar-refractivity contribution in [1.82, 2.24) is 4.90 Å². The second-order valence-corrected chi connectivity index (χ2v) is 6.76. The number of rotatable bonds is 4. The average Bonchev–Trinajstić information content (AvgIpc) is 2.91. The van der Waals surface area contributed by atoms with E-state index >= 15 is 0 Å². The van der Waals surface area contributed by atoms with Gasteiger partial charge in [0.15, 0.2) is 0 Å². The van der Waals surface area contributed by atoms with Gasteiger partial charge in [-0.1, -0.05) is 11.6 Å². The maximum Gasteiger partial charge on any atom is 0.309 e. The van der Waals surface area contributed by atoms with Crippen LogP contribution in [0.2, 0.25) is 5.02 Å². The van der Waals surface area contributed by atoms with Crippen LogP contribution in [0.3, 0.4) is 0 Å². The summed E-state index contributed by atoms with van der Waals surface area (Å²) in [5.74, 6) is -0.693. The van der Waals surface area contributed by atoms with E-state index in [9.17, 15) is 14.4 Å². The van der Waals surface area contributed by atoms with Crippen molar-refractivity contribution >= 4 is 35.1 Å². The molecule has 1 aromatic carbocycles. The van der Waals surface area contributed by atoms with Crippen LogP contribution in [-0.4, -0.2) is 48.4 Å². The van der Waals surface area contributed by atoms with Crippen LogP contribution >= 0.6 is 11.6 Å². The maximum atomic E-state index is 12.8. The Kier molecular flexibility index (Phi) is 5.39.